The number of hydrogen-bond acceptors (Lipinski definition) is 1. The van der Waals surface area contributed by atoms with Gasteiger partial charge in [-0.1, -0.05) is 22.0 Å². The monoisotopic (exact) mass is 323 g/mol. The Morgan fingerprint density at radius 3 is 2.67 bits per heavy atom. The molecule has 0 atom stereocenters. The summed E-state index contributed by atoms with van der Waals surface area (Å²) in [6, 6.07) is 5.22. The molecule has 0 heterocycles. The van der Waals surface area contributed by atoms with Crippen molar-refractivity contribution in [1.82, 2.24) is 5.32 Å². The van der Waals surface area contributed by atoms with Gasteiger partial charge >= 0.3 is 6.18 Å². The lowest BCUT2D eigenvalue weighted by Crippen LogP contribution is -2.26. The summed E-state index contributed by atoms with van der Waals surface area (Å²) in [6.45, 7) is 1.79. The Bertz CT molecular complexity index is 432. The van der Waals surface area contributed by atoms with Crippen LogP contribution in [0.4, 0.5) is 13.2 Å². The quantitative estimate of drug-likeness (QED) is 0.838. The van der Waals surface area contributed by atoms with Crippen LogP contribution >= 0.6 is 15.9 Å². The van der Waals surface area contributed by atoms with Crippen LogP contribution < -0.4 is 5.32 Å². The fraction of sp³-hybridized carbons (Fsp3) is 0.417. The Hall–Kier alpha value is -1.04. The summed E-state index contributed by atoms with van der Waals surface area (Å²) in [7, 11) is 0. The van der Waals surface area contributed by atoms with E-state index in [0.29, 0.717) is 5.56 Å². The molecule has 1 aromatic carbocycles. The second-order valence-corrected chi connectivity index (χ2v) is 4.85. The van der Waals surface area contributed by atoms with E-state index >= 15 is 0 Å². The van der Waals surface area contributed by atoms with E-state index in [1.54, 1.807) is 25.1 Å². The van der Waals surface area contributed by atoms with Crippen molar-refractivity contribution in [1.29, 1.82) is 0 Å². The second kappa shape index (κ2) is 6.22. The number of rotatable bonds is 4. The fourth-order valence-corrected chi connectivity index (χ4v) is 1.79. The Morgan fingerprint density at radius 1 is 1.39 bits per heavy atom. The van der Waals surface area contributed by atoms with Gasteiger partial charge in [0, 0.05) is 23.0 Å². The van der Waals surface area contributed by atoms with Crippen molar-refractivity contribution >= 4 is 21.8 Å². The Labute approximate surface area is 112 Å². The maximum atomic E-state index is 11.9. The zero-order chi connectivity index (χ0) is 13.8. The van der Waals surface area contributed by atoms with E-state index in [-0.39, 0.29) is 18.9 Å². The molecule has 0 aliphatic carbocycles. The summed E-state index contributed by atoms with van der Waals surface area (Å²) < 4.78 is 36.5. The number of alkyl halides is 3. The molecule has 1 N–H and O–H groups in total. The van der Waals surface area contributed by atoms with E-state index < -0.39 is 12.6 Å². The van der Waals surface area contributed by atoms with Crippen molar-refractivity contribution in [2.24, 2.45) is 0 Å². The number of nitrogens with one attached hydrogen (secondary N) is 1. The minimum atomic E-state index is -4.17. The Kier molecular flexibility index (Phi) is 5.19. The number of carbonyl (C=O) groups is 1. The molecule has 0 radical (unpaired) electrons. The van der Waals surface area contributed by atoms with E-state index in [0.717, 1.165) is 10.0 Å². The smallest absolute Gasteiger partial charge is 0.352 e. The number of benzene rings is 1. The van der Waals surface area contributed by atoms with Crippen LogP contribution in [-0.2, 0) is 0 Å². The zero-order valence-electron chi connectivity index (χ0n) is 9.77. The topological polar surface area (TPSA) is 29.1 Å². The number of hydrogen-bond donors (Lipinski definition) is 1. The minimum Gasteiger partial charge on any atom is -0.352 e. The van der Waals surface area contributed by atoms with Crippen LogP contribution in [0.2, 0.25) is 0 Å². The number of halogens is 4. The molecule has 100 valence electrons. The van der Waals surface area contributed by atoms with Crippen LogP contribution in [0.15, 0.2) is 22.7 Å². The third-order valence-corrected chi connectivity index (χ3v) is 2.86. The molecule has 0 aliphatic rings. The van der Waals surface area contributed by atoms with Crippen LogP contribution in [0.5, 0.6) is 0 Å². The van der Waals surface area contributed by atoms with Gasteiger partial charge in [-0.3, -0.25) is 4.79 Å². The van der Waals surface area contributed by atoms with Crippen LogP contribution in [0, 0.1) is 6.92 Å². The van der Waals surface area contributed by atoms with Gasteiger partial charge in [0.2, 0.25) is 0 Å². The van der Waals surface area contributed by atoms with Gasteiger partial charge in [0.05, 0.1) is 0 Å². The van der Waals surface area contributed by atoms with Crippen LogP contribution in [0.3, 0.4) is 0 Å². The first-order valence-corrected chi connectivity index (χ1v) is 6.20. The largest absolute Gasteiger partial charge is 0.389 e. The van der Waals surface area contributed by atoms with Gasteiger partial charge in [0.25, 0.3) is 5.91 Å². The number of aryl methyl sites for hydroxylation is 1. The van der Waals surface area contributed by atoms with Crippen molar-refractivity contribution in [3.05, 3.63) is 33.8 Å². The van der Waals surface area contributed by atoms with Crippen molar-refractivity contribution in [2.45, 2.75) is 25.9 Å². The first-order valence-electron chi connectivity index (χ1n) is 5.41. The van der Waals surface area contributed by atoms with Crippen LogP contribution in [0.25, 0.3) is 0 Å². The summed E-state index contributed by atoms with van der Waals surface area (Å²) in [5, 5.41) is 2.48. The number of amides is 1. The molecular weight excluding hydrogens is 311 g/mol. The predicted octanol–water partition coefficient (Wildman–Crippen LogP) is 3.83. The van der Waals surface area contributed by atoms with Crippen molar-refractivity contribution in [2.75, 3.05) is 6.54 Å². The van der Waals surface area contributed by atoms with Crippen molar-refractivity contribution in [3.8, 4) is 0 Å². The summed E-state index contributed by atoms with van der Waals surface area (Å²) >= 11 is 3.24. The van der Waals surface area contributed by atoms with Gasteiger partial charge in [-0.25, -0.2) is 0 Å². The highest BCUT2D eigenvalue weighted by molar-refractivity contribution is 9.10. The number of carbonyl (C=O) groups excluding carboxylic acids is 1. The second-order valence-electron chi connectivity index (χ2n) is 3.93. The average molecular weight is 324 g/mol. The molecule has 0 saturated heterocycles. The lowest BCUT2D eigenvalue weighted by Gasteiger charge is -2.09. The molecule has 6 heteroatoms. The van der Waals surface area contributed by atoms with Gasteiger partial charge in [-0.05, 0) is 31.0 Å². The van der Waals surface area contributed by atoms with E-state index in [1.165, 1.54) is 0 Å². The standard InChI is InChI=1S/C12H13BrF3NO/c1-8-3-4-9(13)7-10(8)11(18)17-6-2-5-12(14,15)16/h3-4,7H,2,5-6H2,1H3,(H,17,18). The van der Waals surface area contributed by atoms with E-state index in [9.17, 15) is 18.0 Å². The van der Waals surface area contributed by atoms with Gasteiger partial charge in [-0.2, -0.15) is 13.2 Å². The van der Waals surface area contributed by atoms with Gasteiger partial charge in [0.15, 0.2) is 0 Å². The maximum absolute atomic E-state index is 11.9. The van der Waals surface area contributed by atoms with Crippen molar-refractivity contribution < 1.29 is 18.0 Å². The molecule has 1 amide bonds. The first kappa shape index (κ1) is 15.0. The predicted molar refractivity (Wildman–Crippen MR) is 66.5 cm³/mol. The summed E-state index contributed by atoms with van der Waals surface area (Å²) in [6.07, 6.45) is -5.16. The lowest BCUT2D eigenvalue weighted by atomic mass is 10.1. The SMILES string of the molecule is Cc1ccc(Br)cc1C(=O)NCCCC(F)(F)F. The van der Waals surface area contributed by atoms with E-state index in [2.05, 4.69) is 21.2 Å². The molecule has 1 rings (SSSR count). The van der Waals surface area contributed by atoms with Gasteiger partial charge in [0.1, 0.15) is 0 Å². The van der Waals surface area contributed by atoms with Crippen LogP contribution in [0.1, 0.15) is 28.8 Å². The molecule has 0 unspecified atom stereocenters. The minimum absolute atomic E-state index is 0.0182. The highest BCUT2D eigenvalue weighted by Gasteiger charge is 2.26. The van der Waals surface area contributed by atoms with Gasteiger partial charge in [-0.15, -0.1) is 0 Å². The molecule has 0 fully saturated rings. The first-order chi connectivity index (χ1) is 8.29. The molecule has 1 aromatic rings. The van der Waals surface area contributed by atoms with E-state index in [1.807, 2.05) is 0 Å². The fourth-order valence-electron chi connectivity index (χ4n) is 1.42. The third-order valence-electron chi connectivity index (χ3n) is 2.37. The van der Waals surface area contributed by atoms with E-state index in [4.69, 9.17) is 0 Å². The highest BCUT2D eigenvalue weighted by atomic mass is 79.9. The molecule has 0 aliphatic heterocycles. The average Bonchev–Trinajstić information content (AvgIpc) is 2.26. The highest BCUT2D eigenvalue weighted by Crippen LogP contribution is 2.21. The molecule has 0 spiro atoms. The molecule has 18 heavy (non-hydrogen) atoms. The molecule has 0 aromatic heterocycles. The summed E-state index contributed by atoms with van der Waals surface area (Å²) in [5.41, 5.74) is 1.25. The molecule has 0 saturated carbocycles. The van der Waals surface area contributed by atoms with Crippen LogP contribution in [-0.4, -0.2) is 18.6 Å². The molecule has 0 bridgehead atoms. The third kappa shape index (κ3) is 5.08. The summed E-state index contributed by atoms with van der Waals surface area (Å²) in [4.78, 5) is 11.7. The molecule has 2 nitrogen and oxygen atoms in total. The maximum Gasteiger partial charge on any atom is 0.389 e. The Morgan fingerprint density at radius 2 is 2.06 bits per heavy atom. The lowest BCUT2D eigenvalue weighted by molar-refractivity contribution is -0.135. The van der Waals surface area contributed by atoms with Crippen molar-refractivity contribution in [3.63, 3.8) is 0 Å². The zero-order valence-corrected chi connectivity index (χ0v) is 11.4. The normalized spacial score (nSPS) is 11.4. The Balaban J connectivity index is 2.48. The van der Waals surface area contributed by atoms with Gasteiger partial charge < -0.3 is 5.32 Å². The molecular formula is C12H13BrF3NO. The summed E-state index contributed by atoms with van der Waals surface area (Å²) in [5.74, 6) is -0.351.